The van der Waals surface area contributed by atoms with E-state index in [0.29, 0.717) is 0 Å². The number of rotatable bonds is 0. The van der Waals surface area contributed by atoms with Crippen LogP contribution in [0.2, 0.25) is 0 Å². The van der Waals surface area contributed by atoms with Gasteiger partial charge in [-0.15, -0.1) is 36.5 Å². The van der Waals surface area contributed by atoms with Crippen LogP contribution in [-0.4, -0.2) is 0 Å². The molecule has 124 heavy (non-hydrogen) atoms. The van der Waals surface area contributed by atoms with Gasteiger partial charge in [-0.25, -0.2) is 0 Å². The Bertz CT molecular complexity index is 7900. The number of para-hydroxylation sites is 2. The van der Waals surface area contributed by atoms with Crippen molar-refractivity contribution < 1.29 is 36.5 Å². The highest BCUT2D eigenvalue weighted by molar-refractivity contribution is 5.97. The van der Waals surface area contributed by atoms with Crippen LogP contribution in [0.25, 0.3) is 133 Å². The first kappa shape index (κ1) is 71.8. The molecule has 4 spiro atoms. The lowest BCUT2D eigenvalue weighted by Crippen LogP contribution is -2.71. The molecule has 0 aliphatic carbocycles. The molecule has 584 valence electrons. The number of hydrogen-bond acceptors (Lipinski definition) is 0. The van der Waals surface area contributed by atoms with E-state index in [0.717, 1.165) is 0 Å². The number of fused-ring (bicyclic) bond motifs is 48. The van der Waals surface area contributed by atoms with Crippen molar-refractivity contribution >= 4 is 43.4 Å². The third-order valence-corrected chi connectivity index (χ3v) is 28.1. The van der Waals surface area contributed by atoms with Crippen molar-refractivity contribution in [1.82, 2.24) is 0 Å². The van der Waals surface area contributed by atoms with Crippen molar-refractivity contribution in [3.8, 4) is 90.1 Å². The Kier molecular flexibility index (Phi) is 15.2. The van der Waals surface area contributed by atoms with E-state index in [9.17, 15) is 0 Å². The standard InChI is InChI=1S/2C31H26N2.2C27H18N2/c1-30(2,3)22-17-19-28-23-11-5-7-13-25(23)31(32(28)20-22)26-14-8-6-12-24(26)29-18-16-21-10-4-9-15-27(21)33(29)31;1-30(2,3)22-16-17-28-24-12-6-8-14-26(24)31(33(28)20-22)27-15-9-7-13-25(27)29-23-11-5-4-10-21(23)18-19-32(29)31;1-6-14-24-19(9-1)16-17-26-21-11-3-5-13-23(21)27(29(24)26)22-12-4-2-10-20(22)25-15-7-8-18-28(25)27;1-2-10-20-19(9-1)16-18-29-26(20)22-12-4-6-14-24(22)27(29)23-13-5-3-11-21(23)25-15-7-8-17-28(25)27/h2*4-20H,1-3H3;2*1-18H/q4*+2. The van der Waals surface area contributed by atoms with E-state index in [1.807, 2.05) is 0 Å². The van der Waals surface area contributed by atoms with Gasteiger partial charge in [0.25, 0.3) is 0 Å². The topological polar surface area (TPSA) is 31.0 Å². The number of pyridine rings is 8. The van der Waals surface area contributed by atoms with Crippen molar-refractivity contribution in [1.29, 1.82) is 0 Å². The predicted octanol–water partition coefficient (Wildman–Crippen LogP) is 21.3. The summed E-state index contributed by atoms with van der Waals surface area (Å²) in [5.74, 6) is 0. The average molecular weight is 1590 g/mol. The quantitative estimate of drug-likeness (QED) is 0.136. The smallest absolute Gasteiger partial charge is 0.126 e. The van der Waals surface area contributed by atoms with E-state index in [2.05, 4.69) is 504 Å². The number of nitrogens with zero attached hydrogens (tertiary/aromatic N) is 8. The second-order valence-electron chi connectivity index (χ2n) is 36.3. The molecular formula is C116H88N8+8. The summed E-state index contributed by atoms with van der Waals surface area (Å²) in [6, 6.07) is 142. The SMILES string of the molecule is CC(C)(C)c1ccc2[n+](c1)C1(c3ccccc3-2)c2ccccc2-c2c3ccccc3cc[n+]21.CC(C)(C)c1ccc2[n+](c1)C1(c3ccccc3-2)c2ccccc2-c2ccc3ccccc3[n+]21.c1ccc2c(c1)-c1cccc[n+]1C21c2ccccc2-c2c3ccccc3cc[n+]21.c1ccc2c(c1)-c1cccc[n+]1C21c2ccccc2-c2ccc3ccccc3[n+]21. The molecule has 0 saturated heterocycles. The zero-order chi connectivity index (χ0) is 82.7. The Hall–Kier alpha value is -15.1. The molecule has 0 N–H and O–H groups in total. The Morgan fingerprint density at radius 1 is 0.185 bits per heavy atom. The van der Waals surface area contributed by atoms with Gasteiger partial charge in [-0.05, 0) is 179 Å². The minimum absolute atomic E-state index is 0.0579. The summed E-state index contributed by atoms with van der Waals surface area (Å²) < 4.78 is 20.1. The molecular weight excluding hydrogens is 1510 g/mol. The maximum Gasteiger partial charge on any atom is 0.418 e. The Balaban J connectivity index is 0.0000000907. The van der Waals surface area contributed by atoms with Crippen molar-refractivity contribution in [2.45, 2.75) is 75.0 Å². The van der Waals surface area contributed by atoms with Crippen LogP contribution in [0.4, 0.5) is 0 Å². The van der Waals surface area contributed by atoms with Crippen LogP contribution in [0.3, 0.4) is 0 Å². The lowest BCUT2D eigenvalue weighted by atomic mass is 9.87. The van der Waals surface area contributed by atoms with Crippen LogP contribution < -0.4 is 36.5 Å². The molecule has 8 heteroatoms. The lowest BCUT2D eigenvalue weighted by molar-refractivity contribution is -0.955. The van der Waals surface area contributed by atoms with E-state index >= 15 is 0 Å². The van der Waals surface area contributed by atoms with Crippen LogP contribution in [0.1, 0.15) is 97.2 Å². The molecule has 8 aromatic heterocycles. The third-order valence-electron chi connectivity index (χ3n) is 28.1. The van der Waals surface area contributed by atoms with Crippen molar-refractivity contribution in [3.05, 3.63) is 481 Å². The van der Waals surface area contributed by atoms with Gasteiger partial charge in [0.2, 0.25) is 56.6 Å². The maximum atomic E-state index is 2.58. The van der Waals surface area contributed by atoms with Gasteiger partial charge in [0.05, 0.1) is 55.3 Å². The fourth-order valence-corrected chi connectivity index (χ4v) is 22.9. The predicted molar refractivity (Wildman–Crippen MR) is 490 cm³/mol. The zero-order valence-corrected chi connectivity index (χ0v) is 70.0. The lowest BCUT2D eigenvalue weighted by Gasteiger charge is -2.21. The highest BCUT2D eigenvalue weighted by atomic mass is 15.3. The van der Waals surface area contributed by atoms with Gasteiger partial charge in [-0.2, -0.15) is 0 Å². The molecule has 0 amide bonds. The molecule has 0 saturated carbocycles. The zero-order valence-electron chi connectivity index (χ0n) is 70.0. The number of hydrogen-bond donors (Lipinski definition) is 0. The molecule has 12 aromatic carbocycles. The molecule has 28 rings (SSSR count). The van der Waals surface area contributed by atoms with Gasteiger partial charge >= 0.3 is 22.7 Å². The normalized spacial score (nSPS) is 17.7. The second-order valence-corrected chi connectivity index (χ2v) is 36.3. The summed E-state index contributed by atoms with van der Waals surface area (Å²) >= 11 is 0. The first-order valence-electron chi connectivity index (χ1n) is 43.5. The number of benzene rings is 12. The highest BCUT2D eigenvalue weighted by Crippen LogP contribution is 2.54. The molecule has 0 fully saturated rings. The molecule has 8 nitrogen and oxygen atoms in total. The summed E-state index contributed by atoms with van der Waals surface area (Å²) in [7, 11) is 0. The summed E-state index contributed by atoms with van der Waals surface area (Å²) in [4.78, 5) is 0. The summed E-state index contributed by atoms with van der Waals surface area (Å²) in [6.45, 7) is 13.8. The van der Waals surface area contributed by atoms with Gasteiger partial charge in [-0.3, -0.25) is 0 Å². The number of aromatic nitrogens is 8. The van der Waals surface area contributed by atoms with Crippen molar-refractivity contribution in [2.24, 2.45) is 0 Å². The van der Waals surface area contributed by atoms with E-state index < -0.39 is 22.7 Å². The van der Waals surface area contributed by atoms with Crippen LogP contribution in [-0.2, 0) is 33.5 Å². The minimum atomic E-state index is -0.458. The first-order valence-corrected chi connectivity index (χ1v) is 43.5. The van der Waals surface area contributed by atoms with Gasteiger partial charge in [0.15, 0.2) is 37.2 Å². The van der Waals surface area contributed by atoms with Crippen LogP contribution in [0.15, 0.2) is 425 Å². The third kappa shape index (κ3) is 9.41. The van der Waals surface area contributed by atoms with E-state index in [1.54, 1.807) is 0 Å². The Morgan fingerprint density at radius 2 is 0.452 bits per heavy atom. The summed E-state index contributed by atoms with van der Waals surface area (Å²) in [5, 5.41) is 7.65. The van der Waals surface area contributed by atoms with Crippen LogP contribution >= 0.6 is 0 Å². The molecule has 0 radical (unpaired) electrons. The molecule has 8 aliphatic rings. The van der Waals surface area contributed by atoms with Crippen molar-refractivity contribution in [2.75, 3.05) is 0 Å². The fraction of sp³-hybridized carbons (Fsp3) is 0.103. The van der Waals surface area contributed by atoms with Gasteiger partial charge in [0, 0.05) is 94.7 Å². The Morgan fingerprint density at radius 3 is 0.839 bits per heavy atom. The van der Waals surface area contributed by atoms with Crippen LogP contribution in [0, 0.1) is 0 Å². The van der Waals surface area contributed by atoms with E-state index in [4.69, 9.17) is 0 Å². The van der Waals surface area contributed by atoms with E-state index in [-0.39, 0.29) is 10.8 Å². The minimum Gasteiger partial charge on any atom is -0.126 e. The van der Waals surface area contributed by atoms with Crippen molar-refractivity contribution in [3.63, 3.8) is 0 Å². The first-order chi connectivity index (χ1) is 60.8. The Labute approximate surface area is 721 Å². The fourth-order valence-electron chi connectivity index (χ4n) is 22.9. The van der Waals surface area contributed by atoms with Crippen LogP contribution in [0.5, 0.6) is 0 Å². The summed E-state index contributed by atoms with van der Waals surface area (Å²) in [6.07, 6.45) is 13.8. The molecule has 16 heterocycles. The van der Waals surface area contributed by atoms with Gasteiger partial charge < -0.3 is 0 Å². The molecule has 4 unspecified atom stereocenters. The molecule has 4 atom stereocenters. The highest BCUT2D eigenvalue weighted by Gasteiger charge is 2.71. The summed E-state index contributed by atoms with van der Waals surface area (Å²) in [5.41, 5.74) is 34.9. The van der Waals surface area contributed by atoms with E-state index in [1.165, 1.54) is 189 Å². The maximum absolute atomic E-state index is 2.58. The van der Waals surface area contributed by atoms with Gasteiger partial charge in [0.1, 0.15) is 44.5 Å². The second kappa shape index (κ2) is 26.2. The molecule has 20 aromatic rings. The molecule has 0 bridgehead atoms. The largest absolute Gasteiger partial charge is 0.418 e. The monoisotopic (exact) mass is 1590 g/mol. The van der Waals surface area contributed by atoms with Gasteiger partial charge in [-0.1, -0.05) is 199 Å². The molecule has 8 aliphatic heterocycles. The average Bonchev–Trinajstić information content (AvgIpc) is 1.52.